The number of hydrogen-bond donors (Lipinski definition) is 1. The Morgan fingerprint density at radius 3 is 2.80 bits per heavy atom. The van der Waals surface area contributed by atoms with Crippen LogP contribution in [0.25, 0.3) is 6.08 Å². The van der Waals surface area contributed by atoms with Crippen molar-refractivity contribution < 1.29 is 9.72 Å². The first-order chi connectivity index (χ1) is 9.60. The van der Waals surface area contributed by atoms with Gasteiger partial charge in [-0.25, -0.2) is 0 Å². The number of amides is 1. The Balaban J connectivity index is 2.98. The molecule has 0 atom stereocenters. The molecule has 6 nitrogen and oxygen atoms in total. The van der Waals surface area contributed by atoms with Gasteiger partial charge in [0.1, 0.15) is 11.6 Å². The highest BCUT2D eigenvalue weighted by molar-refractivity contribution is 6.02. The third kappa shape index (κ3) is 4.21. The van der Waals surface area contributed by atoms with Gasteiger partial charge in [-0.3, -0.25) is 14.9 Å². The molecule has 104 valence electrons. The van der Waals surface area contributed by atoms with Crippen molar-refractivity contribution in [3.8, 4) is 6.07 Å². The van der Waals surface area contributed by atoms with Crippen LogP contribution in [0.15, 0.2) is 29.8 Å². The second-order valence-electron chi connectivity index (χ2n) is 4.10. The number of para-hydroxylation sites is 1. The van der Waals surface area contributed by atoms with Crippen molar-refractivity contribution in [3.05, 3.63) is 45.5 Å². The molecule has 0 saturated carbocycles. The third-order valence-corrected chi connectivity index (χ3v) is 2.61. The first-order valence-electron chi connectivity index (χ1n) is 6.23. The molecule has 0 heterocycles. The topological polar surface area (TPSA) is 96.0 Å². The van der Waals surface area contributed by atoms with Crippen molar-refractivity contribution in [1.29, 1.82) is 5.26 Å². The quantitative estimate of drug-likeness (QED) is 0.283. The lowest BCUT2D eigenvalue weighted by atomic mass is 10.1. The summed E-state index contributed by atoms with van der Waals surface area (Å²) in [7, 11) is 0. The van der Waals surface area contributed by atoms with E-state index in [-0.39, 0.29) is 16.8 Å². The molecule has 0 radical (unpaired) electrons. The average molecular weight is 273 g/mol. The van der Waals surface area contributed by atoms with E-state index < -0.39 is 10.8 Å². The minimum absolute atomic E-state index is 0.137. The van der Waals surface area contributed by atoms with Gasteiger partial charge in [-0.05, 0) is 18.6 Å². The molecular formula is C14H15N3O3. The summed E-state index contributed by atoms with van der Waals surface area (Å²) in [6.45, 7) is 2.46. The summed E-state index contributed by atoms with van der Waals surface area (Å²) in [5, 5.41) is 22.5. The van der Waals surface area contributed by atoms with E-state index in [4.69, 9.17) is 5.26 Å². The molecule has 0 aromatic heterocycles. The van der Waals surface area contributed by atoms with Gasteiger partial charge >= 0.3 is 0 Å². The predicted octanol–water partition coefficient (Wildman–Crippen LogP) is 2.42. The molecule has 0 saturated heterocycles. The molecule has 20 heavy (non-hydrogen) atoms. The van der Waals surface area contributed by atoms with Crippen LogP contribution in [0.4, 0.5) is 5.69 Å². The second kappa shape index (κ2) is 7.69. The summed E-state index contributed by atoms with van der Waals surface area (Å²) in [6, 6.07) is 7.74. The third-order valence-electron chi connectivity index (χ3n) is 2.61. The number of benzene rings is 1. The van der Waals surface area contributed by atoms with E-state index in [0.29, 0.717) is 6.54 Å². The number of carbonyl (C=O) groups is 1. The van der Waals surface area contributed by atoms with Crippen LogP contribution < -0.4 is 5.32 Å². The minimum atomic E-state index is -0.546. The summed E-state index contributed by atoms with van der Waals surface area (Å²) >= 11 is 0. The first-order valence-corrected chi connectivity index (χ1v) is 6.23. The Morgan fingerprint density at radius 2 is 2.20 bits per heavy atom. The van der Waals surface area contributed by atoms with E-state index in [2.05, 4.69) is 5.32 Å². The second-order valence-corrected chi connectivity index (χ2v) is 4.10. The number of nitriles is 1. The molecule has 0 aliphatic heterocycles. The minimum Gasteiger partial charge on any atom is -0.351 e. The van der Waals surface area contributed by atoms with Crippen LogP contribution in [0.1, 0.15) is 25.3 Å². The van der Waals surface area contributed by atoms with Crippen molar-refractivity contribution in [1.82, 2.24) is 5.32 Å². The van der Waals surface area contributed by atoms with Gasteiger partial charge in [-0.2, -0.15) is 5.26 Å². The Kier molecular flexibility index (Phi) is 5.91. The average Bonchev–Trinajstić information content (AvgIpc) is 2.45. The Labute approximate surface area is 116 Å². The molecule has 6 heteroatoms. The number of hydrogen-bond acceptors (Lipinski definition) is 4. The number of rotatable bonds is 6. The van der Waals surface area contributed by atoms with Crippen LogP contribution in [-0.2, 0) is 4.79 Å². The maximum absolute atomic E-state index is 11.8. The van der Waals surface area contributed by atoms with Crippen LogP contribution in [-0.4, -0.2) is 17.4 Å². The van der Waals surface area contributed by atoms with Crippen molar-refractivity contribution in [2.75, 3.05) is 6.54 Å². The van der Waals surface area contributed by atoms with E-state index in [0.717, 1.165) is 12.8 Å². The highest BCUT2D eigenvalue weighted by Crippen LogP contribution is 2.20. The number of nitro groups is 1. The van der Waals surface area contributed by atoms with Gasteiger partial charge in [0.2, 0.25) is 0 Å². The predicted molar refractivity (Wildman–Crippen MR) is 74.6 cm³/mol. The summed E-state index contributed by atoms with van der Waals surface area (Å²) < 4.78 is 0. The van der Waals surface area contributed by atoms with E-state index in [1.165, 1.54) is 24.3 Å². The highest BCUT2D eigenvalue weighted by Gasteiger charge is 2.14. The van der Waals surface area contributed by atoms with Crippen molar-refractivity contribution in [2.45, 2.75) is 19.8 Å². The van der Waals surface area contributed by atoms with Crippen LogP contribution in [0.3, 0.4) is 0 Å². The molecule has 1 amide bonds. The van der Waals surface area contributed by atoms with Gasteiger partial charge in [-0.15, -0.1) is 0 Å². The molecule has 0 bridgehead atoms. The zero-order valence-electron chi connectivity index (χ0n) is 11.1. The highest BCUT2D eigenvalue weighted by atomic mass is 16.6. The Bertz CT molecular complexity index is 573. The largest absolute Gasteiger partial charge is 0.351 e. The number of nitro benzene ring substituents is 1. The van der Waals surface area contributed by atoms with Gasteiger partial charge in [0.25, 0.3) is 11.6 Å². The van der Waals surface area contributed by atoms with Crippen LogP contribution in [0.5, 0.6) is 0 Å². The SMILES string of the molecule is CCCCNC(=O)/C(C#N)=C\c1ccccc1[N+](=O)[O-]. The van der Waals surface area contributed by atoms with Gasteiger partial charge in [0.05, 0.1) is 10.5 Å². The molecule has 0 fully saturated rings. The number of nitrogens with zero attached hydrogens (tertiary/aromatic N) is 2. The van der Waals surface area contributed by atoms with Crippen molar-refractivity contribution >= 4 is 17.7 Å². The van der Waals surface area contributed by atoms with Crippen LogP contribution in [0, 0.1) is 21.4 Å². The van der Waals surface area contributed by atoms with E-state index in [1.54, 1.807) is 12.1 Å². The summed E-state index contributed by atoms with van der Waals surface area (Å²) in [5.41, 5.74) is -0.0447. The molecule has 1 N–H and O–H groups in total. The van der Waals surface area contributed by atoms with Crippen molar-refractivity contribution in [3.63, 3.8) is 0 Å². The molecule has 1 aromatic carbocycles. The maximum atomic E-state index is 11.8. The molecule has 1 rings (SSSR count). The fourth-order valence-corrected chi connectivity index (χ4v) is 1.55. The van der Waals surface area contributed by atoms with E-state index in [1.807, 2.05) is 6.92 Å². The lowest BCUT2D eigenvalue weighted by Gasteiger charge is -2.03. The molecule has 0 unspecified atom stereocenters. The molecule has 0 spiro atoms. The standard InChI is InChI=1S/C14H15N3O3/c1-2-3-8-16-14(18)12(10-15)9-11-6-4-5-7-13(11)17(19)20/h4-7,9H,2-3,8H2,1H3,(H,16,18)/b12-9-. The van der Waals surface area contributed by atoms with Gasteiger partial charge < -0.3 is 5.32 Å². The van der Waals surface area contributed by atoms with Gasteiger partial charge in [-0.1, -0.05) is 25.5 Å². The van der Waals surface area contributed by atoms with Gasteiger partial charge in [0, 0.05) is 12.6 Å². The zero-order chi connectivity index (χ0) is 15.0. The normalized spacial score (nSPS) is 10.7. The van der Waals surface area contributed by atoms with Crippen molar-refractivity contribution in [2.24, 2.45) is 0 Å². The van der Waals surface area contributed by atoms with E-state index in [9.17, 15) is 14.9 Å². The summed E-state index contributed by atoms with van der Waals surface area (Å²) in [5.74, 6) is -0.515. The van der Waals surface area contributed by atoms with Gasteiger partial charge in [0.15, 0.2) is 0 Å². The number of carbonyl (C=O) groups excluding carboxylic acids is 1. The number of nitrogens with one attached hydrogen (secondary N) is 1. The lowest BCUT2D eigenvalue weighted by molar-refractivity contribution is -0.385. The lowest BCUT2D eigenvalue weighted by Crippen LogP contribution is -2.25. The Morgan fingerprint density at radius 1 is 1.50 bits per heavy atom. The first kappa shape index (κ1) is 15.4. The molecule has 1 aromatic rings. The number of unbranched alkanes of at least 4 members (excludes halogenated alkanes) is 1. The molecule has 0 aliphatic rings. The molecular weight excluding hydrogens is 258 g/mol. The summed E-state index contributed by atoms with van der Waals surface area (Å²) in [4.78, 5) is 22.1. The fraction of sp³-hybridized carbons (Fsp3) is 0.286. The van der Waals surface area contributed by atoms with Crippen LogP contribution >= 0.6 is 0 Å². The Hall–Kier alpha value is -2.68. The van der Waals surface area contributed by atoms with Crippen LogP contribution in [0.2, 0.25) is 0 Å². The smallest absolute Gasteiger partial charge is 0.276 e. The zero-order valence-corrected chi connectivity index (χ0v) is 11.1. The maximum Gasteiger partial charge on any atom is 0.276 e. The molecule has 0 aliphatic carbocycles. The monoisotopic (exact) mass is 273 g/mol. The summed E-state index contributed by atoms with van der Waals surface area (Å²) in [6.07, 6.45) is 2.98. The fourth-order valence-electron chi connectivity index (χ4n) is 1.55. The van der Waals surface area contributed by atoms with E-state index >= 15 is 0 Å².